The Hall–Kier alpha value is -3.08. The first-order chi connectivity index (χ1) is 12.1. The van der Waals surface area contributed by atoms with Crippen molar-refractivity contribution in [3.05, 3.63) is 65.4 Å². The van der Waals surface area contributed by atoms with Gasteiger partial charge in [-0.25, -0.2) is 9.78 Å². The number of carbonyl (C=O) groups excluding carboxylic acids is 1. The molecule has 5 heteroatoms. The lowest BCUT2D eigenvalue weighted by Crippen LogP contribution is -2.06. The Labute approximate surface area is 146 Å². The maximum Gasteiger partial charge on any atom is 0.356 e. The van der Waals surface area contributed by atoms with E-state index in [1.807, 2.05) is 31.2 Å². The minimum absolute atomic E-state index is 0.208. The molecule has 0 aliphatic carbocycles. The Morgan fingerprint density at radius 3 is 2.64 bits per heavy atom. The fourth-order valence-corrected chi connectivity index (χ4v) is 2.59. The van der Waals surface area contributed by atoms with Gasteiger partial charge in [-0.3, -0.25) is 0 Å². The number of methoxy groups -OCH3 is 2. The van der Waals surface area contributed by atoms with Crippen LogP contribution < -0.4 is 9.47 Å². The maximum atomic E-state index is 11.9. The number of aromatic nitrogens is 1. The number of nitrogens with zero attached hydrogens (tertiary/aromatic N) is 1. The van der Waals surface area contributed by atoms with Crippen LogP contribution in [0.2, 0.25) is 0 Å². The van der Waals surface area contributed by atoms with Crippen molar-refractivity contribution in [2.45, 2.75) is 13.5 Å². The number of benzene rings is 2. The second-order valence-corrected chi connectivity index (χ2v) is 5.66. The molecule has 0 aliphatic heterocycles. The summed E-state index contributed by atoms with van der Waals surface area (Å²) in [4.78, 5) is 16.2. The lowest BCUT2D eigenvalue weighted by atomic mass is 10.1. The fraction of sp³-hybridized carbons (Fsp3) is 0.200. The van der Waals surface area contributed by atoms with Gasteiger partial charge in [0, 0.05) is 11.5 Å². The van der Waals surface area contributed by atoms with E-state index in [0.29, 0.717) is 23.6 Å². The SMILES string of the molecule is COC(=O)c1cc(OCc2cccc(C)c2)c2cc(OC)ccc2n1. The molecule has 128 valence electrons. The number of esters is 1. The van der Waals surface area contributed by atoms with Crippen molar-refractivity contribution in [2.75, 3.05) is 14.2 Å². The van der Waals surface area contributed by atoms with Crippen molar-refractivity contribution < 1.29 is 19.0 Å². The van der Waals surface area contributed by atoms with Gasteiger partial charge in [0.1, 0.15) is 18.1 Å². The number of rotatable bonds is 5. The van der Waals surface area contributed by atoms with Gasteiger partial charge in [-0.15, -0.1) is 0 Å². The summed E-state index contributed by atoms with van der Waals surface area (Å²) in [7, 11) is 2.93. The van der Waals surface area contributed by atoms with E-state index in [2.05, 4.69) is 11.1 Å². The van der Waals surface area contributed by atoms with Gasteiger partial charge in [-0.1, -0.05) is 29.8 Å². The number of pyridine rings is 1. The standard InChI is InChI=1S/C20H19NO4/c1-13-5-4-6-14(9-13)12-25-19-11-18(20(22)24-3)21-17-8-7-15(23-2)10-16(17)19/h4-11H,12H2,1-3H3. The predicted molar refractivity (Wildman–Crippen MR) is 95.1 cm³/mol. The largest absolute Gasteiger partial charge is 0.497 e. The molecule has 0 N–H and O–H groups in total. The zero-order chi connectivity index (χ0) is 17.8. The third-order valence-electron chi connectivity index (χ3n) is 3.85. The Morgan fingerprint density at radius 1 is 1.08 bits per heavy atom. The predicted octanol–water partition coefficient (Wildman–Crippen LogP) is 3.92. The van der Waals surface area contributed by atoms with Crippen LogP contribution in [0.25, 0.3) is 10.9 Å². The Kier molecular flexibility index (Phi) is 4.84. The lowest BCUT2D eigenvalue weighted by Gasteiger charge is -2.12. The molecule has 0 saturated carbocycles. The molecule has 0 fully saturated rings. The van der Waals surface area contributed by atoms with Crippen molar-refractivity contribution in [2.24, 2.45) is 0 Å². The summed E-state index contributed by atoms with van der Waals surface area (Å²) in [6, 6.07) is 15.1. The number of aryl methyl sites for hydroxylation is 1. The van der Waals surface area contributed by atoms with Crippen LogP contribution in [0.3, 0.4) is 0 Å². The highest BCUT2D eigenvalue weighted by molar-refractivity contribution is 5.94. The molecule has 3 aromatic rings. The van der Waals surface area contributed by atoms with E-state index in [-0.39, 0.29) is 5.69 Å². The number of carbonyl (C=O) groups is 1. The molecule has 0 atom stereocenters. The lowest BCUT2D eigenvalue weighted by molar-refractivity contribution is 0.0594. The van der Waals surface area contributed by atoms with Crippen LogP contribution in [0.5, 0.6) is 11.5 Å². The van der Waals surface area contributed by atoms with Gasteiger partial charge in [-0.2, -0.15) is 0 Å². The summed E-state index contributed by atoms with van der Waals surface area (Å²) in [6.07, 6.45) is 0. The molecule has 2 aromatic carbocycles. The van der Waals surface area contributed by atoms with Crippen LogP contribution in [0.15, 0.2) is 48.5 Å². The summed E-state index contributed by atoms with van der Waals surface area (Å²) >= 11 is 0. The summed E-state index contributed by atoms with van der Waals surface area (Å²) in [5.41, 5.74) is 3.06. The summed E-state index contributed by atoms with van der Waals surface area (Å²) in [5, 5.41) is 0.777. The van der Waals surface area contributed by atoms with Gasteiger partial charge in [0.05, 0.1) is 19.7 Å². The summed E-state index contributed by atoms with van der Waals surface area (Å²) in [5.74, 6) is 0.754. The first-order valence-corrected chi connectivity index (χ1v) is 7.86. The molecule has 0 aliphatic rings. The summed E-state index contributed by atoms with van der Waals surface area (Å²) in [6.45, 7) is 2.42. The van der Waals surface area contributed by atoms with Gasteiger partial charge in [0.25, 0.3) is 0 Å². The normalized spacial score (nSPS) is 10.5. The second-order valence-electron chi connectivity index (χ2n) is 5.66. The topological polar surface area (TPSA) is 57.7 Å². The average molecular weight is 337 g/mol. The van der Waals surface area contributed by atoms with Crippen LogP contribution in [0, 0.1) is 6.92 Å². The van der Waals surface area contributed by atoms with Gasteiger partial charge in [0.15, 0.2) is 5.69 Å². The second kappa shape index (κ2) is 7.21. The van der Waals surface area contributed by atoms with Crippen LogP contribution in [-0.2, 0) is 11.3 Å². The highest BCUT2D eigenvalue weighted by Crippen LogP contribution is 2.30. The fourth-order valence-electron chi connectivity index (χ4n) is 2.59. The van der Waals surface area contributed by atoms with Crippen LogP contribution in [0.1, 0.15) is 21.6 Å². The molecule has 25 heavy (non-hydrogen) atoms. The molecule has 0 saturated heterocycles. The van der Waals surface area contributed by atoms with E-state index in [0.717, 1.165) is 16.5 Å². The Morgan fingerprint density at radius 2 is 1.92 bits per heavy atom. The molecule has 0 unspecified atom stereocenters. The smallest absolute Gasteiger partial charge is 0.356 e. The molecule has 0 spiro atoms. The zero-order valence-electron chi connectivity index (χ0n) is 14.4. The van der Waals surface area contributed by atoms with Gasteiger partial charge >= 0.3 is 5.97 Å². The highest BCUT2D eigenvalue weighted by Gasteiger charge is 2.14. The molecular formula is C20H19NO4. The average Bonchev–Trinajstić information content (AvgIpc) is 2.64. The molecule has 0 radical (unpaired) electrons. The molecule has 0 bridgehead atoms. The van der Waals surface area contributed by atoms with E-state index >= 15 is 0 Å². The zero-order valence-corrected chi connectivity index (χ0v) is 14.4. The van der Waals surface area contributed by atoms with Crippen molar-refractivity contribution in [3.8, 4) is 11.5 Å². The minimum Gasteiger partial charge on any atom is -0.497 e. The third-order valence-corrected chi connectivity index (χ3v) is 3.85. The third kappa shape index (κ3) is 3.71. The highest BCUT2D eigenvalue weighted by atomic mass is 16.5. The Balaban J connectivity index is 2.01. The van der Waals surface area contributed by atoms with Crippen molar-refractivity contribution in [3.63, 3.8) is 0 Å². The van der Waals surface area contributed by atoms with Gasteiger partial charge in [-0.05, 0) is 30.7 Å². The van der Waals surface area contributed by atoms with Gasteiger partial charge in [0.2, 0.25) is 0 Å². The minimum atomic E-state index is -0.502. The van der Waals surface area contributed by atoms with E-state index in [9.17, 15) is 4.79 Å². The number of fused-ring (bicyclic) bond motifs is 1. The van der Waals surface area contributed by atoms with Crippen molar-refractivity contribution in [1.29, 1.82) is 0 Å². The van der Waals surface area contributed by atoms with Crippen molar-refractivity contribution in [1.82, 2.24) is 4.98 Å². The van der Waals surface area contributed by atoms with Crippen LogP contribution >= 0.6 is 0 Å². The summed E-state index contributed by atoms with van der Waals surface area (Å²) < 4.78 is 16.1. The Bertz CT molecular complexity index is 921. The van der Waals surface area contributed by atoms with Crippen LogP contribution in [-0.4, -0.2) is 25.2 Å². The van der Waals surface area contributed by atoms with Crippen LogP contribution in [0.4, 0.5) is 0 Å². The molecule has 5 nitrogen and oxygen atoms in total. The van der Waals surface area contributed by atoms with E-state index in [4.69, 9.17) is 14.2 Å². The number of hydrogen-bond donors (Lipinski definition) is 0. The molecular weight excluding hydrogens is 318 g/mol. The maximum absolute atomic E-state index is 11.9. The van der Waals surface area contributed by atoms with E-state index in [1.54, 1.807) is 25.3 Å². The monoisotopic (exact) mass is 337 g/mol. The first-order valence-electron chi connectivity index (χ1n) is 7.86. The number of hydrogen-bond acceptors (Lipinski definition) is 5. The number of ether oxygens (including phenoxy) is 3. The van der Waals surface area contributed by atoms with Gasteiger partial charge < -0.3 is 14.2 Å². The molecule has 1 heterocycles. The van der Waals surface area contributed by atoms with E-state index < -0.39 is 5.97 Å². The van der Waals surface area contributed by atoms with E-state index in [1.165, 1.54) is 7.11 Å². The molecule has 3 rings (SSSR count). The molecule has 1 aromatic heterocycles. The quantitative estimate of drug-likeness (QED) is 0.661. The van der Waals surface area contributed by atoms with Crippen molar-refractivity contribution >= 4 is 16.9 Å². The molecule has 0 amide bonds. The first kappa shape index (κ1) is 16.8.